The van der Waals surface area contributed by atoms with Crippen molar-refractivity contribution in [2.24, 2.45) is 0 Å². The van der Waals surface area contributed by atoms with Crippen LogP contribution >= 0.6 is 0 Å². The van der Waals surface area contributed by atoms with E-state index in [1.54, 1.807) is 0 Å². The maximum atomic E-state index is 9.33. The lowest BCUT2D eigenvalue weighted by Gasteiger charge is -2.42. The van der Waals surface area contributed by atoms with Gasteiger partial charge in [0.05, 0.1) is 30.9 Å². The third kappa shape index (κ3) is 5.47. The Hall–Kier alpha value is -3.43. The molecular weight excluding hydrogens is 464 g/mol. The normalized spacial score (nSPS) is 16.5. The van der Waals surface area contributed by atoms with Gasteiger partial charge in [0.2, 0.25) is 0 Å². The van der Waals surface area contributed by atoms with Crippen molar-refractivity contribution in [2.45, 2.75) is 65.0 Å². The number of nitriles is 1. The first-order valence-electron chi connectivity index (χ1n) is 13.2. The number of rotatable bonds is 6. The van der Waals surface area contributed by atoms with Gasteiger partial charge in [0, 0.05) is 22.6 Å². The van der Waals surface area contributed by atoms with Crippen LogP contribution in [0.25, 0.3) is 10.9 Å². The maximum absolute atomic E-state index is 9.33. The molecule has 0 spiro atoms. The summed E-state index contributed by atoms with van der Waals surface area (Å²) in [7, 11) is 0. The molecule has 2 aromatic carbocycles. The Morgan fingerprint density at radius 1 is 1.14 bits per heavy atom. The van der Waals surface area contributed by atoms with Crippen LogP contribution < -0.4 is 4.90 Å². The molecule has 3 aromatic rings. The maximum Gasteiger partial charge on any atom is 0.373 e. The van der Waals surface area contributed by atoms with Crippen molar-refractivity contribution >= 4 is 28.6 Å². The zero-order valence-electron chi connectivity index (χ0n) is 22.2. The number of hydrogen-bond donors (Lipinski definition) is 1. The number of anilines is 2. The predicted octanol–water partition coefficient (Wildman–Crippen LogP) is 5.45. The number of carbonyl (C=O) groups excluding carboxylic acids is 2. The molecule has 1 N–H and O–H groups in total. The first kappa shape index (κ1) is 26.6. The van der Waals surface area contributed by atoms with Crippen molar-refractivity contribution in [1.29, 1.82) is 5.26 Å². The van der Waals surface area contributed by atoms with E-state index in [4.69, 9.17) is 14.3 Å². The summed E-state index contributed by atoms with van der Waals surface area (Å²) in [6.45, 7) is 13.1. The molecule has 7 heteroatoms. The Balaban J connectivity index is 0.00000102. The van der Waals surface area contributed by atoms with E-state index < -0.39 is 0 Å². The minimum absolute atomic E-state index is 0.250. The molecule has 3 heterocycles. The van der Waals surface area contributed by atoms with Crippen LogP contribution in [0.4, 0.5) is 11.5 Å². The van der Waals surface area contributed by atoms with Crippen LogP contribution in [-0.4, -0.2) is 54.4 Å². The lowest BCUT2D eigenvalue weighted by Crippen LogP contribution is -2.51. The van der Waals surface area contributed by atoms with Crippen LogP contribution in [0.15, 0.2) is 36.4 Å². The van der Waals surface area contributed by atoms with Crippen molar-refractivity contribution in [3.05, 3.63) is 58.7 Å². The summed E-state index contributed by atoms with van der Waals surface area (Å²) in [5.74, 6) is 1.73. The van der Waals surface area contributed by atoms with Gasteiger partial charge >= 0.3 is 6.15 Å². The molecule has 2 saturated heterocycles. The van der Waals surface area contributed by atoms with E-state index in [-0.39, 0.29) is 6.15 Å². The highest BCUT2D eigenvalue weighted by Crippen LogP contribution is 2.39. The monoisotopic (exact) mass is 500 g/mol. The van der Waals surface area contributed by atoms with Gasteiger partial charge in [-0.15, -0.1) is 0 Å². The Bertz CT molecular complexity index is 1300. The lowest BCUT2D eigenvalue weighted by atomic mass is 9.85. The van der Waals surface area contributed by atoms with Crippen molar-refractivity contribution in [3.8, 4) is 6.07 Å². The van der Waals surface area contributed by atoms with Crippen LogP contribution in [0.2, 0.25) is 0 Å². The quantitative estimate of drug-likeness (QED) is 0.484. The molecule has 5 rings (SSSR count). The van der Waals surface area contributed by atoms with Crippen molar-refractivity contribution < 1.29 is 14.3 Å². The number of aromatic amines is 1. The number of fused-ring (bicyclic) bond motifs is 1. The van der Waals surface area contributed by atoms with E-state index >= 15 is 0 Å². The number of piperidine rings is 1. The van der Waals surface area contributed by atoms with Gasteiger partial charge in [-0.1, -0.05) is 19.1 Å². The molecule has 1 aromatic heterocycles. The highest BCUT2D eigenvalue weighted by atomic mass is 16.5. The Morgan fingerprint density at radius 3 is 2.41 bits per heavy atom. The van der Waals surface area contributed by atoms with E-state index in [2.05, 4.69) is 72.8 Å². The number of aromatic nitrogens is 1. The standard InChI is InChI=1S/C29H36N4O.CO2/c1-5-22-7-8-24(15-27(22)23-10-12-32(13-11-23)25-17-34-18-25)33(19(2)3)29-20(4)26-9-6-21(16-30)14-28(26)31-29;2-1-3/h6-9,14-15,19,23,25,31H,5,10-13,17-18H2,1-4H3;. The zero-order chi connectivity index (χ0) is 26.5. The second-order valence-corrected chi connectivity index (χ2v) is 10.3. The van der Waals surface area contributed by atoms with E-state index in [0.717, 1.165) is 31.0 Å². The van der Waals surface area contributed by atoms with Crippen LogP contribution in [0.3, 0.4) is 0 Å². The molecule has 0 radical (unpaired) electrons. The van der Waals surface area contributed by atoms with Crippen molar-refractivity contribution in [1.82, 2.24) is 9.88 Å². The first-order valence-corrected chi connectivity index (χ1v) is 13.2. The third-order valence-corrected chi connectivity index (χ3v) is 7.81. The fourth-order valence-electron chi connectivity index (χ4n) is 5.76. The molecule has 7 nitrogen and oxygen atoms in total. The van der Waals surface area contributed by atoms with Crippen molar-refractivity contribution in [2.75, 3.05) is 31.2 Å². The highest BCUT2D eigenvalue weighted by Gasteiger charge is 2.31. The summed E-state index contributed by atoms with van der Waals surface area (Å²) >= 11 is 0. The lowest BCUT2D eigenvalue weighted by molar-refractivity contribution is -0.191. The number of H-pyrrole nitrogens is 1. The van der Waals surface area contributed by atoms with E-state index in [0.29, 0.717) is 23.6 Å². The van der Waals surface area contributed by atoms with E-state index in [1.165, 1.54) is 53.7 Å². The SMILES string of the molecule is CCc1ccc(N(c2[nH]c3cc(C#N)ccc3c2C)C(C)C)cc1C1CCN(C2COC2)CC1.O=C=O. The molecule has 0 amide bonds. The second-order valence-electron chi connectivity index (χ2n) is 10.3. The number of nitrogens with zero attached hydrogens (tertiary/aromatic N) is 3. The third-order valence-electron chi connectivity index (χ3n) is 7.81. The summed E-state index contributed by atoms with van der Waals surface area (Å²) in [4.78, 5) is 24.9. The molecule has 0 unspecified atom stereocenters. The molecule has 2 fully saturated rings. The number of hydrogen-bond acceptors (Lipinski definition) is 6. The molecule has 194 valence electrons. The van der Waals surface area contributed by atoms with Gasteiger partial charge in [-0.25, -0.2) is 0 Å². The first-order chi connectivity index (χ1) is 17.9. The molecule has 0 aliphatic carbocycles. The van der Waals surface area contributed by atoms with Gasteiger partial charge in [0.15, 0.2) is 0 Å². The van der Waals surface area contributed by atoms with Gasteiger partial charge in [0.25, 0.3) is 0 Å². The molecule has 0 atom stereocenters. The van der Waals surface area contributed by atoms with Gasteiger partial charge in [-0.3, -0.25) is 4.90 Å². The van der Waals surface area contributed by atoms with Crippen LogP contribution in [0.1, 0.15) is 61.8 Å². The molecular formula is C30H36N4O3. The Kier molecular flexibility index (Phi) is 8.45. The highest BCUT2D eigenvalue weighted by molar-refractivity contribution is 5.91. The topological polar surface area (TPSA) is 89.4 Å². The fourth-order valence-corrected chi connectivity index (χ4v) is 5.76. The Morgan fingerprint density at radius 2 is 1.84 bits per heavy atom. The van der Waals surface area contributed by atoms with Crippen LogP contribution in [-0.2, 0) is 20.7 Å². The van der Waals surface area contributed by atoms with E-state index in [1.807, 2.05) is 12.1 Å². The number of ether oxygens (including phenoxy) is 1. The molecule has 37 heavy (non-hydrogen) atoms. The minimum atomic E-state index is 0.250. The molecule has 0 bridgehead atoms. The fraction of sp³-hybridized carbons (Fsp3) is 0.467. The van der Waals surface area contributed by atoms with Crippen molar-refractivity contribution in [3.63, 3.8) is 0 Å². The van der Waals surface area contributed by atoms with Gasteiger partial charge in [-0.05, 0) is 100.0 Å². The number of benzene rings is 2. The average molecular weight is 501 g/mol. The molecule has 2 aliphatic heterocycles. The summed E-state index contributed by atoms with van der Waals surface area (Å²) in [5.41, 5.74) is 7.18. The summed E-state index contributed by atoms with van der Waals surface area (Å²) in [6, 6.07) is 16.2. The Labute approximate surface area is 219 Å². The van der Waals surface area contributed by atoms with Gasteiger partial charge in [0.1, 0.15) is 5.82 Å². The summed E-state index contributed by atoms with van der Waals surface area (Å²) in [6.07, 6.45) is 3.75. The molecule has 0 saturated carbocycles. The predicted molar refractivity (Wildman–Crippen MR) is 144 cm³/mol. The number of nitrogens with one attached hydrogen (secondary N) is 1. The minimum Gasteiger partial charge on any atom is -0.378 e. The van der Waals surface area contributed by atoms with Crippen LogP contribution in [0.5, 0.6) is 0 Å². The summed E-state index contributed by atoms with van der Waals surface area (Å²) < 4.78 is 5.42. The van der Waals surface area contributed by atoms with Gasteiger partial charge < -0.3 is 14.6 Å². The average Bonchev–Trinajstić information content (AvgIpc) is 3.19. The zero-order valence-corrected chi connectivity index (χ0v) is 22.2. The van der Waals surface area contributed by atoms with Crippen LogP contribution in [0, 0.1) is 18.3 Å². The largest absolute Gasteiger partial charge is 0.378 e. The number of likely N-dealkylation sites (tertiary alicyclic amines) is 1. The number of aryl methyl sites for hydroxylation is 2. The second kappa shape index (κ2) is 11.7. The smallest absolute Gasteiger partial charge is 0.373 e. The molecule has 2 aliphatic rings. The van der Waals surface area contributed by atoms with E-state index in [9.17, 15) is 5.26 Å². The summed E-state index contributed by atoms with van der Waals surface area (Å²) in [5, 5.41) is 10.5. The van der Waals surface area contributed by atoms with Gasteiger partial charge in [-0.2, -0.15) is 14.9 Å².